The summed E-state index contributed by atoms with van der Waals surface area (Å²) < 4.78 is 35.9. The van der Waals surface area contributed by atoms with E-state index in [9.17, 15) is 13.0 Å². The Balaban J connectivity index is 1.78. The molecular formula is C40H68O3S. The third kappa shape index (κ3) is 16.8. The Bertz CT molecular complexity index is 1090. The average Bonchev–Trinajstić information content (AvgIpc) is 3.01. The van der Waals surface area contributed by atoms with Gasteiger partial charge in [0, 0.05) is 0 Å². The third-order valence-electron chi connectivity index (χ3n) is 9.52. The van der Waals surface area contributed by atoms with Gasteiger partial charge in [0.25, 0.3) is 10.1 Å². The lowest BCUT2D eigenvalue weighted by molar-refractivity contribution is 0.480. The fourth-order valence-corrected chi connectivity index (χ4v) is 7.89. The average molecular weight is 629 g/mol. The maximum atomic E-state index is 12.7. The summed E-state index contributed by atoms with van der Waals surface area (Å²) in [4.78, 5) is 0.203. The van der Waals surface area contributed by atoms with Gasteiger partial charge in [0.05, 0.1) is 0 Å². The molecule has 0 saturated carbocycles. The van der Waals surface area contributed by atoms with Crippen LogP contribution in [0.4, 0.5) is 0 Å². The monoisotopic (exact) mass is 628 g/mol. The lowest BCUT2D eigenvalue weighted by Crippen LogP contribution is -2.09. The molecule has 0 heterocycles. The minimum atomic E-state index is -4.29. The van der Waals surface area contributed by atoms with E-state index in [1.807, 2.05) is 24.3 Å². The first-order chi connectivity index (χ1) is 21.5. The smallest absolute Gasteiger partial charge is 0.282 e. The van der Waals surface area contributed by atoms with Crippen molar-refractivity contribution in [3.63, 3.8) is 0 Å². The third-order valence-corrected chi connectivity index (χ3v) is 10.5. The van der Waals surface area contributed by atoms with Gasteiger partial charge in [-0.05, 0) is 53.6 Å². The number of aryl methyl sites for hydroxylation is 2. The number of benzene rings is 2. The summed E-state index contributed by atoms with van der Waals surface area (Å²) in [7, 11) is -4.29. The molecule has 0 atom stereocenters. The van der Waals surface area contributed by atoms with Gasteiger partial charge >= 0.3 is 0 Å². The molecule has 252 valence electrons. The Morgan fingerprint density at radius 1 is 0.500 bits per heavy atom. The molecule has 2 aromatic rings. The Labute approximate surface area is 273 Å². The fourth-order valence-electron chi connectivity index (χ4n) is 6.88. The molecule has 0 fully saturated rings. The van der Waals surface area contributed by atoms with Crippen LogP contribution in [0, 0.1) is 0 Å². The molecule has 0 aliphatic rings. The molecule has 0 aliphatic heterocycles. The molecule has 0 radical (unpaired) electrons. The summed E-state index contributed by atoms with van der Waals surface area (Å²) in [5.41, 5.74) is 1.64. The van der Waals surface area contributed by atoms with E-state index in [-0.39, 0.29) is 4.90 Å². The lowest BCUT2D eigenvalue weighted by Gasteiger charge is -2.16. The van der Waals surface area contributed by atoms with Crippen LogP contribution in [0.3, 0.4) is 0 Å². The van der Waals surface area contributed by atoms with E-state index in [0.717, 1.165) is 47.6 Å². The maximum Gasteiger partial charge on any atom is 0.295 e. The summed E-state index contributed by atoms with van der Waals surface area (Å²) in [6, 6.07) is 10.1. The maximum absolute atomic E-state index is 12.7. The van der Waals surface area contributed by atoms with Gasteiger partial charge in [-0.3, -0.25) is 4.55 Å². The molecular weight excluding hydrogens is 561 g/mol. The Hall–Kier alpha value is -1.39. The van der Waals surface area contributed by atoms with Crippen molar-refractivity contribution in [1.82, 2.24) is 0 Å². The second-order valence-electron chi connectivity index (χ2n) is 13.5. The molecule has 0 aromatic heterocycles. The molecule has 0 amide bonds. The van der Waals surface area contributed by atoms with Crippen LogP contribution in [0.15, 0.2) is 35.2 Å². The van der Waals surface area contributed by atoms with Crippen molar-refractivity contribution in [2.45, 2.75) is 199 Å². The molecule has 0 bridgehead atoms. The van der Waals surface area contributed by atoms with Crippen LogP contribution >= 0.6 is 0 Å². The van der Waals surface area contributed by atoms with Gasteiger partial charge in [0.2, 0.25) is 0 Å². The van der Waals surface area contributed by atoms with Crippen molar-refractivity contribution in [1.29, 1.82) is 0 Å². The fraction of sp³-hybridized carbons (Fsp3) is 0.750. The number of hydrogen-bond donors (Lipinski definition) is 1. The van der Waals surface area contributed by atoms with Crippen molar-refractivity contribution in [2.24, 2.45) is 0 Å². The molecule has 44 heavy (non-hydrogen) atoms. The molecule has 0 saturated heterocycles. The first-order valence-electron chi connectivity index (χ1n) is 19.0. The van der Waals surface area contributed by atoms with Crippen LogP contribution < -0.4 is 0 Å². The largest absolute Gasteiger partial charge is 0.295 e. The minimum Gasteiger partial charge on any atom is -0.282 e. The number of hydrogen-bond acceptors (Lipinski definition) is 2. The van der Waals surface area contributed by atoms with E-state index in [1.54, 1.807) is 0 Å². The molecule has 3 nitrogen and oxygen atoms in total. The Kier molecular flexibility index (Phi) is 21.9. The molecule has 2 aromatic carbocycles. The van der Waals surface area contributed by atoms with Crippen molar-refractivity contribution < 1.29 is 13.0 Å². The standard InChI is InChI=1S/C40H68O3S/c1-3-5-7-9-11-13-15-17-19-21-23-25-27-32-37-35-36-31-29-30-33-38(36)39(40(37)44(41,42)43)34-28-26-24-22-20-18-16-14-12-10-8-6-4-2/h29-31,33,35H,3-28,32,34H2,1-2H3,(H,41,42,43). The van der Waals surface area contributed by atoms with Crippen molar-refractivity contribution in [2.75, 3.05) is 0 Å². The Morgan fingerprint density at radius 3 is 1.27 bits per heavy atom. The highest BCUT2D eigenvalue weighted by Crippen LogP contribution is 2.32. The zero-order valence-electron chi connectivity index (χ0n) is 28.9. The number of unbranched alkanes of at least 4 members (excludes halogenated alkanes) is 24. The quantitative estimate of drug-likeness (QED) is 0.0720. The summed E-state index contributed by atoms with van der Waals surface area (Å²) in [6.07, 6.45) is 35.1. The molecule has 0 aliphatic carbocycles. The van der Waals surface area contributed by atoms with E-state index >= 15 is 0 Å². The molecule has 0 spiro atoms. The van der Waals surface area contributed by atoms with Gasteiger partial charge in [0.15, 0.2) is 0 Å². The Morgan fingerprint density at radius 2 is 0.864 bits per heavy atom. The van der Waals surface area contributed by atoms with Gasteiger partial charge in [-0.1, -0.05) is 192 Å². The van der Waals surface area contributed by atoms with Gasteiger partial charge in [-0.25, -0.2) is 0 Å². The first kappa shape index (κ1) is 38.8. The molecule has 1 N–H and O–H groups in total. The highest BCUT2D eigenvalue weighted by Gasteiger charge is 2.22. The van der Waals surface area contributed by atoms with Crippen LogP contribution in [0.1, 0.15) is 192 Å². The highest BCUT2D eigenvalue weighted by molar-refractivity contribution is 7.86. The zero-order valence-corrected chi connectivity index (χ0v) is 29.7. The van der Waals surface area contributed by atoms with E-state index in [0.29, 0.717) is 12.8 Å². The van der Waals surface area contributed by atoms with Crippen molar-refractivity contribution in [3.8, 4) is 0 Å². The van der Waals surface area contributed by atoms with Crippen LogP contribution in [0.2, 0.25) is 0 Å². The normalized spacial score (nSPS) is 12.0. The second-order valence-corrected chi connectivity index (χ2v) is 14.9. The van der Waals surface area contributed by atoms with Gasteiger partial charge in [-0.15, -0.1) is 0 Å². The summed E-state index contributed by atoms with van der Waals surface area (Å²) in [5, 5.41) is 2.07. The van der Waals surface area contributed by atoms with Crippen LogP contribution in [0.25, 0.3) is 10.8 Å². The van der Waals surface area contributed by atoms with Crippen LogP contribution in [0.5, 0.6) is 0 Å². The van der Waals surface area contributed by atoms with Gasteiger partial charge in [-0.2, -0.15) is 8.42 Å². The summed E-state index contributed by atoms with van der Waals surface area (Å²) in [5.74, 6) is 0. The van der Waals surface area contributed by atoms with E-state index in [4.69, 9.17) is 0 Å². The van der Waals surface area contributed by atoms with Gasteiger partial charge in [0.1, 0.15) is 4.90 Å². The van der Waals surface area contributed by atoms with E-state index in [1.165, 1.54) is 141 Å². The van der Waals surface area contributed by atoms with E-state index in [2.05, 4.69) is 19.9 Å². The van der Waals surface area contributed by atoms with Crippen molar-refractivity contribution in [3.05, 3.63) is 41.5 Å². The van der Waals surface area contributed by atoms with Crippen LogP contribution in [-0.4, -0.2) is 13.0 Å². The predicted octanol–water partition coefficient (Wildman–Crippen LogP) is 13.4. The minimum absolute atomic E-state index is 0.203. The SMILES string of the molecule is CCCCCCCCCCCCCCCc1cc2ccccc2c(CCCCCCCCCCCCCCC)c1S(=O)(=O)O. The number of rotatable bonds is 29. The summed E-state index contributed by atoms with van der Waals surface area (Å²) >= 11 is 0. The predicted molar refractivity (Wildman–Crippen MR) is 193 cm³/mol. The number of fused-ring (bicyclic) bond motifs is 1. The molecule has 0 unspecified atom stereocenters. The molecule has 4 heteroatoms. The zero-order chi connectivity index (χ0) is 31.7. The van der Waals surface area contributed by atoms with Crippen molar-refractivity contribution >= 4 is 20.9 Å². The lowest BCUT2D eigenvalue weighted by atomic mass is 9.94. The van der Waals surface area contributed by atoms with Crippen LogP contribution in [-0.2, 0) is 23.0 Å². The highest BCUT2D eigenvalue weighted by atomic mass is 32.2. The van der Waals surface area contributed by atoms with Gasteiger partial charge < -0.3 is 0 Å². The first-order valence-corrected chi connectivity index (χ1v) is 20.4. The topological polar surface area (TPSA) is 54.4 Å². The second kappa shape index (κ2) is 24.8. The van der Waals surface area contributed by atoms with E-state index < -0.39 is 10.1 Å². The summed E-state index contributed by atoms with van der Waals surface area (Å²) in [6.45, 7) is 4.54. The molecule has 2 rings (SSSR count).